The number of aromatic amines is 1. The van der Waals surface area contributed by atoms with Crippen LogP contribution in [0.1, 0.15) is 23.2 Å². The lowest BCUT2D eigenvalue weighted by atomic mass is 10.0. The van der Waals surface area contributed by atoms with Crippen molar-refractivity contribution in [1.29, 1.82) is 0 Å². The average Bonchev–Trinajstić information content (AvgIpc) is 3.34. The van der Waals surface area contributed by atoms with E-state index in [2.05, 4.69) is 30.5 Å². The van der Waals surface area contributed by atoms with Gasteiger partial charge >= 0.3 is 5.57 Å². The molecule has 0 unspecified atom stereocenters. The van der Waals surface area contributed by atoms with Crippen LogP contribution in [-0.2, 0) is 0 Å². The second kappa shape index (κ2) is 9.82. The Kier molecular flexibility index (Phi) is 6.85. The van der Waals surface area contributed by atoms with E-state index in [1.54, 1.807) is 25.4 Å². The molecule has 1 aliphatic heterocycles. The van der Waals surface area contributed by atoms with Gasteiger partial charge in [0.15, 0.2) is 0 Å². The number of nitrogens with one attached hydrogen (secondary N) is 3. The molecule has 4 N–H and O–H groups in total. The molecule has 0 radical (unpaired) electrons. The Morgan fingerprint density at radius 1 is 1.26 bits per heavy atom. The summed E-state index contributed by atoms with van der Waals surface area (Å²) in [6, 6.07) is 8.89. The van der Waals surface area contributed by atoms with Gasteiger partial charge in [-0.1, -0.05) is 0 Å². The number of nitrogens with zero attached hydrogens (tertiary/aromatic N) is 3. The van der Waals surface area contributed by atoms with Crippen LogP contribution in [0.3, 0.4) is 0 Å². The van der Waals surface area contributed by atoms with Crippen LogP contribution in [0.25, 0.3) is 11.3 Å². The lowest BCUT2D eigenvalue weighted by Crippen LogP contribution is -2.36. The van der Waals surface area contributed by atoms with Gasteiger partial charge in [0, 0.05) is 49.2 Å². The predicted octanol–water partition coefficient (Wildman–Crippen LogP) is 3.89. The monoisotopic (exact) mass is 492 g/mol. The first-order chi connectivity index (χ1) is 16.2. The van der Waals surface area contributed by atoms with E-state index in [1.807, 2.05) is 0 Å². The molecule has 1 saturated heterocycles. The molecule has 1 amide bonds. The maximum atomic E-state index is 13.1. The third-order valence-corrected chi connectivity index (χ3v) is 5.46. The molecule has 0 bridgehead atoms. The van der Waals surface area contributed by atoms with E-state index < -0.39 is 11.5 Å². The van der Waals surface area contributed by atoms with Gasteiger partial charge in [-0.15, -0.1) is 8.78 Å². The number of halogens is 3. The molecule has 0 aliphatic carbocycles. The highest BCUT2D eigenvalue weighted by atomic mass is 35.5. The molecular weight excluding hydrogens is 470 g/mol. The third-order valence-electron chi connectivity index (χ3n) is 5.38. The van der Waals surface area contributed by atoms with Crippen molar-refractivity contribution in [1.82, 2.24) is 15.2 Å². The number of aliphatic hydroxyl groups excluding tert-OH is 1. The number of ether oxygens (including phenoxy) is 1. The lowest BCUT2D eigenvalue weighted by Gasteiger charge is -2.32. The van der Waals surface area contributed by atoms with Crippen molar-refractivity contribution in [3.63, 3.8) is 0 Å². The number of hydrogen-bond acceptors (Lipinski definition) is 7. The van der Waals surface area contributed by atoms with Crippen molar-refractivity contribution >= 4 is 34.8 Å². The van der Waals surface area contributed by atoms with Crippen molar-refractivity contribution in [3.05, 3.63) is 48.2 Å². The minimum absolute atomic E-state index is 0.145. The second-order valence-electron chi connectivity index (χ2n) is 7.72. The summed E-state index contributed by atoms with van der Waals surface area (Å²) in [5.74, 6) is 0.437. The van der Waals surface area contributed by atoms with Crippen LogP contribution in [0.2, 0.25) is 0 Å². The number of alkyl halides is 3. The number of hydrogen-bond donors (Lipinski definition) is 4. The molecule has 180 valence electrons. The summed E-state index contributed by atoms with van der Waals surface area (Å²) < 4.78 is 29.9. The Morgan fingerprint density at radius 3 is 2.56 bits per heavy atom. The summed E-state index contributed by atoms with van der Waals surface area (Å²) >= 11 is 4.78. The second-order valence-corrected chi connectivity index (χ2v) is 8.16. The summed E-state index contributed by atoms with van der Waals surface area (Å²) in [4.78, 5) is 19.9. The number of aliphatic hydroxyl groups is 1. The van der Waals surface area contributed by atoms with E-state index >= 15 is 0 Å². The largest absolute Gasteiger partial charge is 0.487 e. The summed E-state index contributed by atoms with van der Waals surface area (Å²) in [7, 11) is 1.66. The molecule has 1 aromatic carbocycles. The fourth-order valence-electron chi connectivity index (χ4n) is 3.73. The van der Waals surface area contributed by atoms with Gasteiger partial charge in [0.1, 0.15) is 17.4 Å². The number of piperidine rings is 1. The van der Waals surface area contributed by atoms with Crippen molar-refractivity contribution in [2.75, 3.05) is 35.7 Å². The molecule has 3 heterocycles. The van der Waals surface area contributed by atoms with Crippen molar-refractivity contribution in [2.45, 2.75) is 24.5 Å². The van der Waals surface area contributed by atoms with Gasteiger partial charge < -0.3 is 25.4 Å². The van der Waals surface area contributed by atoms with Gasteiger partial charge in [0.2, 0.25) is 0 Å². The summed E-state index contributed by atoms with van der Waals surface area (Å²) in [6.45, 7) is 1.25. The maximum absolute atomic E-state index is 13.1. The summed E-state index contributed by atoms with van der Waals surface area (Å²) in [5.41, 5.74) is -1.80. The molecule has 12 heteroatoms. The topological polar surface area (TPSA) is 115 Å². The number of anilines is 3. The lowest BCUT2D eigenvalue weighted by molar-refractivity contribution is -0.0964. The third kappa shape index (κ3) is 5.54. The molecule has 3 aromatic rings. The quantitative estimate of drug-likeness (QED) is 0.370. The minimum atomic E-state index is -3.82. The van der Waals surface area contributed by atoms with E-state index in [9.17, 15) is 18.7 Å². The molecule has 9 nitrogen and oxygen atoms in total. The molecule has 0 saturated carbocycles. The normalized spacial score (nSPS) is 14.7. The zero-order valence-corrected chi connectivity index (χ0v) is 18.9. The Labute approximate surface area is 199 Å². The van der Waals surface area contributed by atoms with Crippen LogP contribution in [0.4, 0.5) is 26.1 Å². The van der Waals surface area contributed by atoms with Crippen LogP contribution < -0.4 is 20.3 Å². The molecule has 2 aromatic heterocycles. The molecule has 0 atom stereocenters. The highest BCUT2D eigenvalue weighted by Crippen LogP contribution is 2.34. The number of carbonyl (C=O) groups excluding carboxylic acids is 1. The predicted molar refractivity (Wildman–Crippen MR) is 125 cm³/mol. The van der Waals surface area contributed by atoms with Gasteiger partial charge in [0.05, 0.1) is 17.4 Å². The zero-order chi connectivity index (χ0) is 24.3. The Morgan fingerprint density at radius 2 is 1.97 bits per heavy atom. The number of benzene rings is 1. The van der Waals surface area contributed by atoms with Crippen LogP contribution in [0.15, 0.2) is 42.6 Å². The first-order valence-electron chi connectivity index (χ1n) is 10.6. The first-order valence-corrected chi connectivity index (χ1v) is 10.9. The molecular formula is C22H23ClF2N6O3. The van der Waals surface area contributed by atoms with E-state index in [4.69, 9.17) is 16.6 Å². The number of H-pyrrole nitrogens is 1. The van der Waals surface area contributed by atoms with E-state index in [1.165, 1.54) is 24.3 Å². The smallest absolute Gasteiger partial charge is 0.420 e. The molecule has 1 fully saturated rings. The van der Waals surface area contributed by atoms with E-state index in [0.29, 0.717) is 54.5 Å². The van der Waals surface area contributed by atoms with Crippen LogP contribution in [-0.4, -0.2) is 58.0 Å². The van der Waals surface area contributed by atoms with Gasteiger partial charge in [-0.3, -0.25) is 9.89 Å². The van der Waals surface area contributed by atoms with E-state index in [-0.39, 0.29) is 17.4 Å². The van der Waals surface area contributed by atoms with Gasteiger partial charge in [-0.25, -0.2) is 4.98 Å². The van der Waals surface area contributed by atoms with E-state index in [0.717, 1.165) is 0 Å². The number of aromatic nitrogens is 3. The van der Waals surface area contributed by atoms with Crippen molar-refractivity contribution < 1.29 is 23.4 Å². The highest BCUT2D eigenvalue weighted by Gasteiger charge is 2.28. The fraction of sp³-hybridized carbons (Fsp3) is 0.318. The number of carbonyl (C=O) groups is 1. The average molecular weight is 493 g/mol. The number of rotatable bonds is 7. The molecule has 0 spiro atoms. The summed E-state index contributed by atoms with van der Waals surface area (Å²) in [5, 5.41) is 22.5. The molecule has 1 aliphatic rings. The highest BCUT2D eigenvalue weighted by molar-refractivity contribution is 6.20. The maximum Gasteiger partial charge on any atom is 0.487 e. The standard InChI is InChI=1S/C22H23ClF2N6O3/c1-26-19-17(21(33)28-13-2-4-15(5-3-13)34-22(23,24)25)12-16(18-6-9-27-30-18)20(29-19)31-10-7-14(32)8-11-31/h2-6,9,12,14,32H,7-8,10-11H2,1H3,(H,26,29)(H,27,30)(H,28,33). The minimum Gasteiger partial charge on any atom is -0.420 e. The molecule has 34 heavy (non-hydrogen) atoms. The Bertz CT molecular complexity index is 1130. The van der Waals surface area contributed by atoms with Gasteiger partial charge in [-0.2, -0.15) is 5.10 Å². The number of amides is 1. The van der Waals surface area contributed by atoms with Crippen LogP contribution in [0.5, 0.6) is 5.75 Å². The number of pyridine rings is 1. The van der Waals surface area contributed by atoms with Crippen LogP contribution >= 0.6 is 11.6 Å². The van der Waals surface area contributed by atoms with Crippen molar-refractivity contribution in [2.24, 2.45) is 0 Å². The first kappa shape index (κ1) is 23.7. The van der Waals surface area contributed by atoms with Gasteiger partial charge in [0.25, 0.3) is 5.91 Å². The Hall–Kier alpha value is -3.44. The fourth-order valence-corrected chi connectivity index (χ4v) is 3.82. The zero-order valence-electron chi connectivity index (χ0n) is 18.2. The summed E-state index contributed by atoms with van der Waals surface area (Å²) in [6.07, 6.45) is 2.51. The SMILES string of the molecule is CNc1nc(N2CCC(O)CC2)c(-c2ccn[nH]2)cc1C(=O)Nc1ccc(OC(F)(F)Cl)cc1. The van der Waals surface area contributed by atoms with Crippen molar-refractivity contribution in [3.8, 4) is 17.0 Å². The Balaban J connectivity index is 1.63. The van der Waals surface area contributed by atoms with Crippen LogP contribution in [0, 0.1) is 0 Å². The van der Waals surface area contributed by atoms with Gasteiger partial charge in [-0.05, 0) is 49.2 Å². The molecule has 4 rings (SSSR count).